The number of thioether (sulfide) groups is 1. The van der Waals surface area contributed by atoms with Gasteiger partial charge in [-0.05, 0) is 65.9 Å². The molecule has 0 radical (unpaired) electrons. The highest BCUT2D eigenvalue weighted by atomic mass is 32.2. The van der Waals surface area contributed by atoms with Gasteiger partial charge in [0.05, 0.1) is 0 Å². The third-order valence-electron chi connectivity index (χ3n) is 3.58. The summed E-state index contributed by atoms with van der Waals surface area (Å²) in [5.41, 5.74) is 1.64. The van der Waals surface area contributed by atoms with E-state index >= 15 is 0 Å². The highest BCUT2D eigenvalue weighted by molar-refractivity contribution is 7.98. The molecule has 0 aliphatic carbocycles. The number of carbonyl (C=O) groups excluding carboxylic acids is 1. The summed E-state index contributed by atoms with van der Waals surface area (Å²) in [7, 11) is 0. The summed E-state index contributed by atoms with van der Waals surface area (Å²) in [6, 6.07) is 19.6. The van der Waals surface area contributed by atoms with Crippen molar-refractivity contribution in [2.45, 2.75) is 11.8 Å². The Morgan fingerprint density at radius 2 is 1.65 bits per heavy atom. The van der Waals surface area contributed by atoms with Crippen molar-refractivity contribution in [1.82, 2.24) is 0 Å². The molecule has 0 saturated carbocycles. The molecule has 3 nitrogen and oxygen atoms in total. The van der Waals surface area contributed by atoms with Crippen molar-refractivity contribution in [3.63, 3.8) is 0 Å². The van der Waals surface area contributed by atoms with Gasteiger partial charge in [-0.3, -0.25) is 5.32 Å². The van der Waals surface area contributed by atoms with Crippen molar-refractivity contribution in [3.8, 4) is 5.75 Å². The van der Waals surface area contributed by atoms with E-state index in [4.69, 9.17) is 4.74 Å². The Kier molecular flexibility index (Phi) is 4.53. The normalized spacial score (nSPS) is 10.5. The van der Waals surface area contributed by atoms with Crippen LogP contribution in [0.25, 0.3) is 10.8 Å². The molecule has 0 spiro atoms. The van der Waals surface area contributed by atoms with Crippen LogP contribution in [-0.2, 0) is 0 Å². The molecule has 23 heavy (non-hydrogen) atoms. The zero-order chi connectivity index (χ0) is 16.2. The van der Waals surface area contributed by atoms with Crippen LogP contribution in [0.2, 0.25) is 0 Å². The highest BCUT2D eigenvalue weighted by Crippen LogP contribution is 2.26. The second-order valence-electron chi connectivity index (χ2n) is 5.21. The first kappa shape index (κ1) is 15.4. The minimum absolute atomic E-state index is 0.486. The summed E-state index contributed by atoms with van der Waals surface area (Å²) >= 11 is 1.66. The summed E-state index contributed by atoms with van der Waals surface area (Å²) in [6.45, 7) is 1.93. The van der Waals surface area contributed by atoms with Gasteiger partial charge >= 0.3 is 6.09 Å². The minimum Gasteiger partial charge on any atom is -0.410 e. The van der Waals surface area contributed by atoms with E-state index in [1.807, 2.05) is 73.8 Å². The molecule has 0 bridgehead atoms. The van der Waals surface area contributed by atoms with Gasteiger partial charge in [0.2, 0.25) is 0 Å². The van der Waals surface area contributed by atoms with Gasteiger partial charge in [0.15, 0.2) is 0 Å². The summed E-state index contributed by atoms with van der Waals surface area (Å²) in [5, 5.41) is 4.92. The fourth-order valence-corrected chi connectivity index (χ4v) is 2.77. The van der Waals surface area contributed by atoms with Crippen LogP contribution in [-0.4, -0.2) is 12.3 Å². The fraction of sp³-hybridized carbons (Fsp3) is 0.105. The Morgan fingerprint density at radius 3 is 2.30 bits per heavy atom. The van der Waals surface area contributed by atoms with Crippen LogP contribution in [0.3, 0.4) is 0 Å². The molecule has 1 N–H and O–H groups in total. The Hall–Kier alpha value is -2.46. The standard InChI is InChI=1S/C19H17NO2S/c1-13-11-14-5-3-4-6-15(14)12-18(13)22-19(21)20-16-7-9-17(23-2)10-8-16/h3-12H,1-2H3,(H,20,21). The summed E-state index contributed by atoms with van der Waals surface area (Å²) in [5.74, 6) is 0.571. The number of nitrogens with one attached hydrogen (secondary N) is 1. The number of carbonyl (C=O) groups is 1. The maximum absolute atomic E-state index is 12.1. The van der Waals surface area contributed by atoms with Crippen LogP contribution in [0.15, 0.2) is 65.6 Å². The molecule has 3 aromatic rings. The lowest BCUT2D eigenvalue weighted by molar-refractivity contribution is 0.215. The molecule has 3 rings (SSSR count). The summed E-state index contributed by atoms with van der Waals surface area (Å²) in [4.78, 5) is 13.2. The van der Waals surface area contributed by atoms with Crippen LogP contribution in [0.5, 0.6) is 5.75 Å². The van der Waals surface area contributed by atoms with Gasteiger partial charge in [0.1, 0.15) is 5.75 Å². The molecule has 0 aliphatic heterocycles. The summed E-state index contributed by atoms with van der Waals surface area (Å²) in [6.07, 6.45) is 1.53. The first-order valence-corrected chi connectivity index (χ1v) is 8.50. The van der Waals surface area contributed by atoms with Crippen molar-refractivity contribution >= 4 is 34.3 Å². The molecule has 0 aromatic heterocycles. The molecule has 0 fully saturated rings. The molecule has 0 aliphatic rings. The quantitative estimate of drug-likeness (QED) is 0.648. The third-order valence-corrected chi connectivity index (χ3v) is 4.33. The number of amides is 1. The molecule has 1 amide bonds. The van der Waals surface area contributed by atoms with Crippen molar-refractivity contribution in [1.29, 1.82) is 0 Å². The SMILES string of the molecule is CSc1ccc(NC(=O)Oc2cc3ccccc3cc2C)cc1. The maximum atomic E-state index is 12.1. The lowest BCUT2D eigenvalue weighted by Gasteiger charge is -2.10. The average molecular weight is 323 g/mol. The van der Waals surface area contributed by atoms with E-state index in [-0.39, 0.29) is 0 Å². The highest BCUT2D eigenvalue weighted by Gasteiger charge is 2.09. The number of hydrogen-bond acceptors (Lipinski definition) is 3. The Bertz CT molecular complexity index is 844. The molecule has 0 unspecified atom stereocenters. The second kappa shape index (κ2) is 6.75. The molecule has 0 saturated heterocycles. The van der Waals surface area contributed by atoms with Crippen LogP contribution < -0.4 is 10.1 Å². The van der Waals surface area contributed by atoms with E-state index < -0.39 is 6.09 Å². The molecule has 116 valence electrons. The van der Waals surface area contributed by atoms with E-state index in [1.54, 1.807) is 11.8 Å². The van der Waals surface area contributed by atoms with E-state index in [0.717, 1.165) is 21.2 Å². The van der Waals surface area contributed by atoms with Crippen molar-refractivity contribution < 1.29 is 9.53 Å². The first-order chi connectivity index (χ1) is 11.2. The largest absolute Gasteiger partial charge is 0.417 e. The van der Waals surface area contributed by atoms with Crippen molar-refractivity contribution in [2.75, 3.05) is 11.6 Å². The number of anilines is 1. The minimum atomic E-state index is -0.486. The van der Waals surface area contributed by atoms with E-state index in [9.17, 15) is 4.79 Å². The fourth-order valence-electron chi connectivity index (χ4n) is 2.36. The predicted octanol–water partition coefficient (Wildman–Crippen LogP) is 5.48. The van der Waals surface area contributed by atoms with Gasteiger partial charge in [-0.25, -0.2) is 4.79 Å². The van der Waals surface area contributed by atoms with Gasteiger partial charge in [-0.1, -0.05) is 24.3 Å². The number of rotatable bonds is 3. The monoisotopic (exact) mass is 323 g/mol. The molecule has 0 heterocycles. The molecule has 4 heteroatoms. The Labute approximate surface area is 139 Å². The van der Waals surface area contributed by atoms with Gasteiger partial charge in [0.25, 0.3) is 0 Å². The Morgan fingerprint density at radius 1 is 1.00 bits per heavy atom. The summed E-state index contributed by atoms with van der Waals surface area (Å²) < 4.78 is 5.46. The average Bonchev–Trinajstić information content (AvgIpc) is 2.56. The smallest absolute Gasteiger partial charge is 0.410 e. The van der Waals surface area contributed by atoms with Gasteiger partial charge in [0, 0.05) is 10.6 Å². The number of aryl methyl sites for hydroxylation is 1. The van der Waals surface area contributed by atoms with Gasteiger partial charge < -0.3 is 4.74 Å². The molecular weight excluding hydrogens is 306 g/mol. The van der Waals surface area contributed by atoms with E-state index in [2.05, 4.69) is 5.32 Å². The second-order valence-corrected chi connectivity index (χ2v) is 6.09. The van der Waals surface area contributed by atoms with Crippen LogP contribution in [0, 0.1) is 6.92 Å². The topological polar surface area (TPSA) is 38.3 Å². The Balaban J connectivity index is 1.75. The molecular formula is C19H17NO2S. The maximum Gasteiger partial charge on any atom is 0.417 e. The predicted molar refractivity (Wildman–Crippen MR) is 96.6 cm³/mol. The number of hydrogen-bond donors (Lipinski definition) is 1. The van der Waals surface area contributed by atoms with E-state index in [1.165, 1.54) is 0 Å². The zero-order valence-electron chi connectivity index (χ0n) is 13.0. The lowest BCUT2D eigenvalue weighted by Crippen LogP contribution is -2.17. The molecule has 3 aromatic carbocycles. The van der Waals surface area contributed by atoms with Gasteiger partial charge in [-0.2, -0.15) is 0 Å². The number of benzene rings is 3. The zero-order valence-corrected chi connectivity index (χ0v) is 13.8. The number of ether oxygens (including phenoxy) is 1. The van der Waals surface area contributed by atoms with Crippen molar-refractivity contribution in [3.05, 3.63) is 66.2 Å². The van der Waals surface area contributed by atoms with Crippen molar-refractivity contribution in [2.24, 2.45) is 0 Å². The molecule has 0 atom stereocenters. The lowest BCUT2D eigenvalue weighted by atomic mass is 10.1. The van der Waals surface area contributed by atoms with Gasteiger partial charge in [-0.15, -0.1) is 11.8 Å². The third kappa shape index (κ3) is 3.66. The first-order valence-electron chi connectivity index (χ1n) is 7.28. The number of fused-ring (bicyclic) bond motifs is 1. The van der Waals surface area contributed by atoms with E-state index in [0.29, 0.717) is 11.4 Å². The van der Waals surface area contributed by atoms with Crippen LogP contribution in [0.4, 0.5) is 10.5 Å². The van der Waals surface area contributed by atoms with Crippen LogP contribution >= 0.6 is 11.8 Å². The van der Waals surface area contributed by atoms with Crippen LogP contribution in [0.1, 0.15) is 5.56 Å².